The van der Waals surface area contributed by atoms with Crippen LogP contribution in [0.15, 0.2) is 83.8 Å². The molecule has 0 saturated heterocycles. The van der Waals surface area contributed by atoms with Crippen LogP contribution in [-0.4, -0.2) is 33.9 Å². The largest absolute Gasteiger partial charge is 0.452 e. The molecule has 160 valence electrons. The zero-order chi connectivity index (χ0) is 22.4. The van der Waals surface area contributed by atoms with E-state index in [1.165, 1.54) is 31.3 Å². The second-order valence-electron chi connectivity index (χ2n) is 6.83. The number of aryl methyl sites for hydroxylation is 1. The highest BCUT2D eigenvalue weighted by Gasteiger charge is 2.21. The van der Waals surface area contributed by atoms with Gasteiger partial charge >= 0.3 is 5.97 Å². The Morgan fingerprint density at radius 1 is 0.935 bits per heavy atom. The van der Waals surface area contributed by atoms with E-state index in [0.717, 1.165) is 9.87 Å². The van der Waals surface area contributed by atoms with Crippen LogP contribution in [0.3, 0.4) is 0 Å². The molecule has 0 radical (unpaired) electrons. The molecule has 31 heavy (non-hydrogen) atoms. The van der Waals surface area contributed by atoms with Gasteiger partial charge < -0.3 is 10.1 Å². The summed E-state index contributed by atoms with van der Waals surface area (Å²) in [6.07, 6.45) is 0. The first-order chi connectivity index (χ1) is 14.8. The smallest absolute Gasteiger partial charge is 0.338 e. The van der Waals surface area contributed by atoms with E-state index in [0.29, 0.717) is 11.4 Å². The number of sulfonamides is 1. The van der Waals surface area contributed by atoms with Gasteiger partial charge in [-0.15, -0.1) is 0 Å². The second kappa shape index (κ2) is 9.44. The van der Waals surface area contributed by atoms with Gasteiger partial charge in [0.2, 0.25) is 0 Å². The highest BCUT2D eigenvalue weighted by Crippen LogP contribution is 2.22. The summed E-state index contributed by atoms with van der Waals surface area (Å²) in [6.45, 7) is 1.45. The monoisotopic (exact) mass is 438 g/mol. The average molecular weight is 439 g/mol. The summed E-state index contributed by atoms with van der Waals surface area (Å²) in [5.74, 6) is -1.19. The topological polar surface area (TPSA) is 92.8 Å². The number of esters is 1. The van der Waals surface area contributed by atoms with Crippen LogP contribution in [0.25, 0.3) is 0 Å². The third-order valence-corrected chi connectivity index (χ3v) is 6.30. The van der Waals surface area contributed by atoms with E-state index < -0.39 is 28.5 Å². The molecule has 7 nitrogen and oxygen atoms in total. The van der Waals surface area contributed by atoms with E-state index in [9.17, 15) is 18.0 Å². The zero-order valence-electron chi connectivity index (χ0n) is 17.1. The van der Waals surface area contributed by atoms with Gasteiger partial charge in [-0.2, -0.15) is 0 Å². The molecule has 0 spiro atoms. The molecule has 0 aliphatic rings. The first-order valence-electron chi connectivity index (χ1n) is 9.45. The van der Waals surface area contributed by atoms with Crippen LogP contribution in [0.1, 0.15) is 15.9 Å². The number of carbonyl (C=O) groups excluding carboxylic acids is 2. The van der Waals surface area contributed by atoms with Crippen LogP contribution < -0.4 is 9.62 Å². The number of para-hydroxylation sites is 1. The van der Waals surface area contributed by atoms with Crippen molar-refractivity contribution in [3.05, 3.63) is 90.0 Å². The van der Waals surface area contributed by atoms with E-state index >= 15 is 0 Å². The standard InChI is InChI=1S/C23H22N2O5S/c1-17-7-6-8-19(15-17)24-22(26)16-30-23(27)18-11-13-21(14-12-18)31(28,29)25(2)20-9-4-3-5-10-20/h3-15H,16H2,1-2H3,(H,24,26). The van der Waals surface area contributed by atoms with Gasteiger partial charge in [-0.3, -0.25) is 9.10 Å². The van der Waals surface area contributed by atoms with Crippen molar-refractivity contribution >= 4 is 33.3 Å². The minimum atomic E-state index is -3.78. The first-order valence-corrected chi connectivity index (χ1v) is 10.9. The van der Waals surface area contributed by atoms with Crippen LogP contribution in [0.5, 0.6) is 0 Å². The summed E-state index contributed by atoms with van der Waals surface area (Å²) in [4.78, 5) is 24.2. The third kappa shape index (κ3) is 5.49. The summed E-state index contributed by atoms with van der Waals surface area (Å²) in [5.41, 5.74) is 2.26. The molecule has 0 aliphatic carbocycles. The van der Waals surface area contributed by atoms with E-state index in [1.54, 1.807) is 42.5 Å². The normalized spacial score (nSPS) is 10.9. The van der Waals surface area contributed by atoms with Gasteiger partial charge in [0.15, 0.2) is 6.61 Å². The molecular weight excluding hydrogens is 416 g/mol. The third-order valence-electron chi connectivity index (χ3n) is 4.50. The molecule has 0 heterocycles. The van der Waals surface area contributed by atoms with E-state index in [2.05, 4.69) is 5.32 Å². The number of nitrogens with one attached hydrogen (secondary N) is 1. The molecule has 8 heteroatoms. The summed E-state index contributed by atoms with van der Waals surface area (Å²) in [7, 11) is -2.32. The maximum Gasteiger partial charge on any atom is 0.338 e. The lowest BCUT2D eigenvalue weighted by Gasteiger charge is -2.19. The highest BCUT2D eigenvalue weighted by atomic mass is 32.2. The van der Waals surface area contributed by atoms with E-state index in [-0.39, 0.29) is 10.5 Å². The van der Waals surface area contributed by atoms with Gasteiger partial charge in [-0.1, -0.05) is 30.3 Å². The zero-order valence-corrected chi connectivity index (χ0v) is 17.9. The Morgan fingerprint density at radius 3 is 2.26 bits per heavy atom. The molecule has 1 amide bonds. The molecular formula is C23H22N2O5S. The summed E-state index contributed by atoms with van der Waals surface area (Å²) >= 11 is 0. The lowest BCUT2D eigenvalue weighted by Crippen LogP contribution is -2.26. The molecule has 1 N–H and O–H groups in total. The molecule has 3 aromatic rings. The number of hydrogen-bond acceptors (Lipinski definition) is 5. The minimum absolute atomic E-state index is 0.0348. The number of ether oxygens (including phenoxy) is 1. The second-order valence-corrected chi connectivity index (χ2v) is 8.80. The number of hydrogen-bond donors (Lipinski definition) is 1. The van der Waals surface area contributed by atoms with Crippen LogP contribution in [0.2, 0.25) is 0 Å². The molecule has 0 fully saturated rings. The fourth-order valence-electron chi connectivity index (χ4n) is 2.83. The maximum absolute atomic E-state index is 12.8. The number of carbonyl (C=O) groups is 2. The molecule has 0 aromatic heterocycles. The Morgan fingerprint density at radius 2 is 1.61 bits per heavy atom. The minimum Gasteiger partial charge on any atom is -0.452 e. The van der Waals surface area contributed by atoms with Crippen molar-refractivity contribution in [3.63, 3.8) is 0 Å². The number of anilines is 2. The van der Waals surface area contributed by atoms with Crippen molar-refractivity contribution in [2.24, 2.45) is 0 Å². The Labute approximate surface area is 181 Å². The quantitative estimate of drug-likeness (QED) is 0.569. The number of rotatable bonds is 7. The number of nitrogens with zero attached hydrogens (tertiary/aromatic N) is 1. The molecule has 0 saturated carbocycles. The molecule has 3 aromatic carbocycles. The highest BCUT2D eigenvalue weighted by molar-refractivity contribution is 7.92. The van der Waals surface area contributed by atoms with Crippen LogP contribution in [-0.2, 0) is 19.6 Å². The lowest BCUT2D eigenvalue weighted by molar-refractivity contribution is -0.119. The van der Waals surface area contributed by atoms with Crippen molar-refractivity contribution < 1.29 is 22.7 Å². The van der Waals surface area contributed by atoms with Crippen molar-refractivity contribution in [1.29, 1.82) is 0 Å². The molecule has 0 unspecified atom stereocenters. The van der Waals surface area contributed by atoms with Crippen molar-refractivity contribution in [3.8, 4) is 0 Å². The van der Waals surface area contributed by atoms with Gasteiger partial charge in [0.25, 0.3) is 15.9 Å². The van der Waals surface area contributed by atoms with E-state index in [4.69, 9.17) is 4.74 Å². The molecule has 0 atom stereocenters. The van der Waals surface area contributed by atoms with Crippen LogP contribution >= 0.6 is 0 Å². The van der Waals surface area contributed by atoms with Crippen LogP contribution in [0, 0.1) is 6.92 Å². The number of benzene rings is 3. The summed E-state index contributed by atoms with van der Waals surface area (Å²) in [5, 5.41) is 2.65. The predicted molar refractivity (Wildman–Crippen MR) is 119 cm³/mol. The van der Waals surface area contributed by atoms with Gasteiger partial charge in [0.1, 0.15) is 0 Å². The molecule has 3 rings (SSSR count). The maximum atomic E-state index is 12.8. The van der Waals surface area contributed by atoms with Crippen molar-refractivity contribution in [1.82, 2.24) is 0 Å². The molecule has 0 bridgehead atoms. The van der Waals surface area contributed by atoms with Gasteiger partial charge in [0, 0.05) is 12.7 Å². The Bertz CT molecular complexity index is 1180. The van der Waals surface area contributed by atoms with E-state index in [1.807, 2.05) is 19.1 Å². The predicted octanol–water partition coefficient (Wildman–Crippen LogP) is 3.62. The summed E-state index contributed by atoms with van der Waals surface area (Å²) in [6, 6.07) is 21.3. The Hall–Kier alpha value is -3.65. The first kappa shape index (κ1) is 22.0. The Balaban J connectivity index is 1.61. The molecule has 0 aliphatic heterocycles. The Kier molecular flexibility index (Phi) is 6.71. The van der Waals surface area contributed by atoms with Gasteiger partial charge in [0.05, 0.1) is 16.1 Å². The van der Waals surface area contributed by atoms with Crippen molar-refractivity contribution in [2.75, 3.05) is 23.3 Å². The SMILES string of the molecule is Cc1cccc(NC(=O)COC(=O)c2ccc(S(=O)(=O)N(C)c3ccccc3)cc2)c1. The van der Waals surface area contributed by atoms with Gasteiger partial charge in [-0.05, 0) is 61.0 Å². The van der Waals surface area contributed by atoms with Crippen molar-refractivity contribution in [2.45, 2.75) is 11.8 Å². The lowest BCUT2D eigenvalue weighted by atomic mass is 10.2. The van der Waals surface area contributed by atoms with Crippen LogP contribution in [0.4, 0.5) is 11.4 Å². The fraction of sp³-hybridized carbons (Fsp3) is 0.130. The average Bonchev–Trinajstić information content (AvgIpc) is 2.77. The summed E-state index contributed by atoms with van der Waals surface area (Å²) < 4.78 is 31.8. The number of amides is 1. The van der Waals surface area contributed by atoms with Gasteiger partial charge in [-0.25, -0.2) is 13.2 Å². The fourth-order valence-corrected chi connectivity index (χ4v) is 4.03.